The van der Waals surface area contributed by atoms with Crippen molar-refractivity contribution in [1.29, 1.82) is 0 Å². The lowest BCUT2D eigenvalue weighted by atomic mass is 9.95. The maximum Gasteiger partial charge on any atom is 0.341 e. The van der Waals surface area contributed by atoms with Gasteiger partial charge in [0, 0.05) is 30.7 Å². The Hall–Kier alpha value is -3.26. The van der Waals surface area contributed by atoms with Gasteiger partial charge in [-0.25, -0.2) is 9.78 Å². The molecule has 1 saturated carbocycles. The van der Waals surface area contributed by atoms with E-state index < -0.39 is 11.4 Å². The first-order valence-electron chi connectivity index (χ1n) is 12.3. The number of hydrogen-bond acceptors (Lipinski definition) is 6. The number of aromatic nitrogens is 3. The molecule has 1 aliphatic heterocycles. The van der Waals surface area contributed by atoms with E-state index in [0.717, 1.165) is 44.3 Å². The summed E-state index contributed by atoms with van der Waals surface area (Å²) in [5.41, 5.74) is 1.89. The van der Waals surface area contributed by atoms with Crippen LogP contribution >= 0.6 is 0 Å². The summed E-state index contributed by atoms with van der Waals surface area (Å²) < 4.78 is 1.88. The molecule has 2 aromatic heterocycles. The van der Waals surface area contributed by atoms with Crippen LogP contribution in [0.15, 0.2) is 41.5 Å². The van der Waals surface area contributed by atoms with Gasteiger partial charge in [-0.3, -0.25) is 4.79 Å². The third kappa shape index (κ3) is 4.82. The molecule has 3 aromatic rings. The van der Waals surface area contributed by atoms with Gasteiger partial charge >= 0.3 is 5.97 Å². The highest BCUT2D eigenvalue weighted by atomic mass is 16.4. The van der Waals surface area contributed by atoms with Crippen molar-refractivity contribution in [2.45, 2.75) is 57.4 Å². The zero-order chi connectivity index (χ0) is 23.5. The summed E-state index contributed by atoms with van der Waals surface area (Å²) in [7, 11) is 0. The number of anilines is 2. The molecule has 0 atom stereocenters. The summed E-state index contributed by atoms with van der Waals surface area (Å²) in [6, 6.07) is 8.42. The summed E-state index contributed by atoms with van der Waals surface area (Å²) in [6.45, 7) is 3.51. The van der Waals surface area contributed by atoms with Crippen LogP contribution in [0.3, 0.4) is 0 Å². The highest BCUT2D eigenvalue weighted by Crippen LogP contribution is 2.30. The molecule has 0 amide bonds. The first-order chi connectivity index (χ1) is 16.6. The zero-order valence-electron chi connectivity index (χ0n) is 19.4. The number of hydrogen-bond donors (Lipinski definition) is 2. The van der Waals surface area contributed by atoms with Gasteiger partial charge in [0.25, 0.3) is 0 Å². The van der Waals surface area contributed by atoms with E-state index in [9.17, 15) is 14.7 Å². The van der Waals surface area contributed by atoms with Crippen LogP contribution in [0.2, 0.25) is 0 Å². The fourth-order valence-electron chi connectivity index (χ4n) is 5.16. The SMILES string of the molecule is O=C(O)c1cn(C2CCCCC2)c2nc(Nc3ccc(CCN4CCCC4)cc3)ncc2c1=O. The molecule has 178 valence electrons. The number of nitrogens with zero attached hydrogens (tertiary/aromatic N) is 4. The van der Waals surface area contributed by atoms with Gasteiger partial charge in [-0.05, 0) is 62.9 Å². The Kier molecular flexibility index (Phi) is 6.58. The summed E-state index contributed by atoms with van der Waals surface area (Å²) >= 11 is 0. The number of likely N-dealkylation sites (tertiary alicyclic amines) is 1. The third-order valence-electron chi connectivity index (χ3n) is 7.09. The smallest absolute Gasteiger partial charge is 0.341 e. The Morgan fingerprint density at radius 3 is 2.50 bits per heavy atom. The van der Waals surface area contributed by atoms with Crippen LogP contribution in [0.25, 0.3) is 11.0 Å². The highest BCUT2D eigenvalue weighted by Gasteiger charge is 2.22. The Bertz CT molecular complexity index is 1230. The average molecular weight is 462 g/mol. The Morgan fingerprint density at radius 1 is 1.06 bits per heavy atom. The largest absolute Gasteiger partial charge is 0.477 e. The molecule has 2 fully saturated rings. The number of rotatable bonds is 7. The molecule has 5 rings (SSSR count). The summed E-state index contributed by atoms with van der Waals surface area (Å²) in [5, 5.41) is 13.0. The van der Waals surface area contributed by atoms with E-state index in [1.165, 1.54) is 50.3 Å². The first-order valence-corrected chi connectivity index (χ1v) is 12.3. The van der Waals surface area contributed by atoms with Crippen molar-refractivity contribution in [3.63, 3.8) is 0 Å². The van der Waals surface area contributed by atoms with E-state index >= 15 is 0 Å². The fraction of sp³-hybridized carbons (Fsp3) is 0.462. The number of carbonyl (C=O) groups is 1. The normalized spacial score (nSPS) is 17.3. The predicted octanol–water partition coefficient (Wildman–Crippen LogP) is 4.38. The quantitative estimate of drug-likeness (QED) is 0.539. The lowest BCUT2D eigenvalue weighted by Crippen LogP contribution is -2.23. The van der Waals surface area contributed by atoms with Crippen LogP contribution in [-0.4, -0.2) is 50.1 Å². The molecule has 8 nitrogen and oxygen atoms in total. The second-order valence-electron chi connectivity index (χ2n) is 9.43. The molecule has 0 bridgehead atoms. The maximum absolute atomic E-state index is 12.8. The molecule has 2 N–H and O–H groups in total. The number of carboxylic acids is 1. The van der Waals surface area contributed by atoms with Gasteiger partial charge < -0.3 is 19.9 Å². The standard InChI is InChI=1S/C26H31N5O3/c32-23-21-16-27-26(28-19-10-8-18(9-11-19)12-15-30-13-4-5-14-30)29-24(21)31(17-22(23)25(33)34)20-6-2-1-3-7-20/h8-11,16-17,20H,1-7,12-15H2,(H,33,34)(H,27,28,29). The van der Waals surface area contributed by atoms with Crippen molar-refractivity contribution in [3.05, 3.63) is 58.0 Å². The van der Waals surface area contributed by atoms with Crippen LogP contribution in [0, 0.1) is 0 Å². The van der Waals surface area contributed by atoms with Gasteiger partial charge in [-0.15, -0.1) is 0 Å². The van der Waals surface area contributed by atoms with Crippen LogP contribution in [0.4, 0.5) is 11.6 Å². The molecule has 1 aromatic carbocycles. The predicted molar refractivity (Wildman–Crippen MR) is 132 cm³/mol. The van der Waals surface area contributed by atoms with Crippen molar-refractivity contribution >= 4 is 28.6 Å². The van der Waals surface area contributed by atoms with Gasteiger partial charge in [-0.1, -0.05) is 31.4 Å². The molecule has 0 unspecified atom stereocenters. The average Bonchev–Trinajstić information content (AvgIpc) is 3.38. The Balaban J connectivity index is 1.40. The minimum atomic E-state index is -1.22. The monoisotopic (exact) mass is 461 g/mol. The van der Waals surface area contributed by atoms with Crippen LogP contribution in [-0.2, 0) is 6.42 Å². The lowest BCUT2D eigenvalue weighted by molar-refractivity contribution is 0.0694. The molecule has 1 saturated heterocycles. The van der Waals surface area contributed by atoms with Gasteiger partial charge in [0.05, 0.1) is 5.39 Å². The van der Waals surface area contributed by atoms with Crippen molar-refractivity contribution in [1.82, 2.24) is 19.4 Å². The Labute approximate surface area is 198 Å². The molecule has 0 radical (unpaired) electrons. The van der Waals surface area contributed by atoms with E-state index in [1.54, 1.807) is 0 Å². The molecule has 34 heavy (non-hydrogen) atoms. The van der Waals surface area contributed by atoms with Crippen molar-refractivity contribution < 1.29 is 9.90 Å². The molecular formula is C26H31N5O3. The molecule has 8 heteroatoms. The molecule has 3 heterocycles. The van der Waals surface area contributed by atoms with E-state index in [1.807, 2.05) is 16.7 Å². The first kappa shape index (κ1) is 22.5. The van der Waals surface area contributed by atoms with Gasteiger partial charge in [0.15, 0.2) is 0 Å². The summed E-state index contributed by atoms with van der Waals surface area (Å²) in [5.74, 6) is -0.826. The van der Waals surface area contributed by atoms with Gasteiger partial charge in [0.1, 0.15) is 11.2 Å². The zero-order valence-corrected chi connectivity index (χ0v) is 19.4. The molecule has 1 aliphatic carbocycles. The number of benzene rings is 1. The van der Waals surface area contributed by atoms with Crippen LogP contribution in [0.5, 0.6) is 0 Å². The van der Waals surface area contributed by atoms with Crippen molar-refractivity contribution in [2.24, 2.45) is 0 Å². The topological polar surface area (TPSA) is 100 Å². The number of aromatic carboxylic acids is 1. The number of nitrogens with one attached hydrogen (secondary N) is 1. The highest BCUT2D eigenvalue weighted by molar-refractivity contribution is 5.91. The minimum absolute atomic E-state index is 0.132. The number of fused-ring (bicyclic) bond motifs is 1. The fourth-order valence-corrected chi connectivity index (χ4v) is 5.16. The van der Waals surface area contributed by atoms with E-state index in [2.05, 4.69) is 32.3 Å². The van der Waals surface area contributed by atoms with Crippen LogP contribution < -0.4 is 10.7 Å². The summed E-state index contributed by atoms with van der Waals surface area (Å²) in [4.78, 5) is 36.0. The number of pyridine rings is 1. The molecule has 2 aliphatic rings. The van der Waals surface area contributed by atoms with Gasteiger partial charge in [-0.2, -0.15) is 4.98 Å². The maximum atomic E-state index is 12.8. The third-order valence-corrected chi connectivity index (χ3v) is 7.09. The van der Waals surface area contributed by atoms with E-state index in [4.69, 9.17) is 0 Å². The molecule has 0 spiro atoms. The number of carboxylic acid groups (broad SMARTS) is 1. The summed E-state index contributed by atoms with van der Waals surface area (Å²) in [6.07, 6.45) is 11.8. The van der Waals surface area contributed by atoms with Crippen LogP contribution in [0.1, 0.15) is 66.9 Å². The molecular weight excluding hydrogens is 430 g/mol. The Morgan fingerprint density at radius 2 is 1.79 bits per heavy atom. The van der Waals surface area contributed by atoms with Crippen molar-refractivity contribution in [2.75, 3.05) is 25.0 Å². The lowest BCUT2D eigenvalue weighted by Gasteiger charge is -2.26. The second-order valence-corrected chi connectivity index (χ2v) is 9.43. The van der Waals surface area contributed by atoms with Crippen molar-refractivity contribution in [3.8, 4) is 0 Å². The minimum Gasteiger partial charge on any atom is -0.477 e. The van der Waals surface area contributed by atoms with E-state index in [-0.39, 0.29) is 17.0 Å². The van der Waals surface area contributed by atoms with E-state index in [0.29, 0.717) is 11.6 Å². The second kappa shape index (κ2) is 9.93. The van der Waals surface area contributed by atoms with Gasteiger partial charge in [0.2, 0.25) is 11.4 Å².